The van der Waals surface area contributed by atoms with Crippen LogP contribution in [0.1, 0.15) is 5.69 Å². The molecule has 0 aromatic carbocycles. The van der Waals surface area contributed by atoms with Gasteiger partial charge in [0, 0.05) is 30.7 Å². The third kappa shape index (κ3) is 3.22. The van der Waals surface area contributed by atoms with E-state index in [1.807, 2.05) is 41.6 Å². The van der Waals surface area contributed by atoms with Gasteiger partial charge in [-0.1, -0.05) is 23.2 Å². The number of hydrogen-bond donors (Lipinski definition) is 1. The number of aromatic nitrogens is 4. The minimum absolute atomic E-state index is 0.414. The molecule has 4 rings (SSSR count). The first kappa shape index (κ1) is 15.7. The van der Waals surface area contributed by atoms with Gasteiger partial charge in [0.05, 0.1) is 29.0 Å². The van der Waals surface area contributed by atoms with Crippen LogP contribution in [-0.4, -0.2) is 19.7 Å². The molecule has 0 aliphatic carbocycles. The van der Waals surface area contributed by atoms with E-state index in [1.165, 1.54) is 0 Å². The Balaban J connectivity index is 1.66. The number of anilines is 1. The lowest BCUT2D eigenvalue weighted by Crippen LogP contribution is -2.34. The molecule has 0 unspecified atom stereocenters. The zero-order valence-corrected chi connectivity index (χ0v) is 14.4. The summed E-state index contributed by atoms with van der Waals surface area (Å²) < 4.78 is 1.79. The summed E-state index contributed by atoms with van der Waals surface area (Å²) in [5, 5.41) is 7.10. The third-order valence-electron chi connectivity index (χ3n) is 3.60. The van der Waals surface area contributed by atoms with E-state index in [9.17, 15) is 0 Å². The van der Waals surface area contributed by atoms with Crippen molar-refractivity contribution in [2.45, 2.75) is 0 Å². The first-order valence-corrected chi connectivity index (χ1v) is 8.18. The average Bonchev–Trinajstić information content (AvgIpc) is 3.12. The standard InChI is InChI=1S/C17H12Cl2N6/c18-16-10-12(3-6-20-16)24-9-1-2-14(23-24)15-5-8-22-25(15)13-4-7-21-17(19)11-13/h1-11,23H. The Labute approximate surface area is 154 Å². The molecule has 0 fully saturated rings. The van der Waals surface area contributed by atoms with Crippen molar-refractivity contribution in [2.75, 3.05) is 5.01 Å². The highest BCUT2D eigenvalue weighted by Crippen LogP contribution is 2.23. The number of nitrogens with zero attached hydrogens (tertiary/aromatic N) is 5. The van der Waals surface area contributed by atoms with Crippen molar-refractivity contribution in [2.24, 2.45) is 0 Å². The van der Waals surface area contributed by atoms with Crippen LogP contribution in [0.4, 0.5) is 5.69 Å². The molecule has 8 heteroatoms. The maximum absolute atomic E-state index is 6.00. The summed E-state index contributed by atoms with van der Waals surface area (Å²) in [5.74, 6) is 0. The van der Waals surface area contributed by atoms with Crippen molar-refractivity contribution in [1.82, 2.24) is 25.2 Å². The van der Waals surface area contributed by atoms with E-state index < -0.39 is 0 Å². The Morgan fingerprint density at radius 2 is 1.60 bits per heavy atom. The SMILES string of the molecule is Clc1cc(N2C=CC=C(c3ccnn3-c3ccnc(Cl)c3)N2)ccn1. The van der Waals surface area contributed by atoms with Gasteiger partial charge in [-0.25, -0.2) is 14.6 Å². The van der Waals surface area contributed by atoms with Crippen molar-refractivity contribution in [3.63, 3.8) is 0 Å². The quantitative estimate of drug-likeness (QED) is 0.709. The van der Waals surface area contributed by atoms with Gasteiger partial charge in [0.15, 0.2) is 0 Å². The van der Waals surface area contributed by atoms with Crippen LogP contribution in [0.2, 0.25) is 10.3 Å². The number of halogens is 2. The van der Waals surface area contributed by atoms with Crippen LogP contribution in [0.25, 0.3) is 11.4 Å². The molecule has 1 N–H and O–H groups in total. The molecule has 0 spiro atoms. The molecule has 124 valence electrons. The van der Waals surface area contributed by atoms with Gasteiger partial charge in [-0.15, -0.1) is 0 Å². The molecule has 1 aliphatic heterocycles. The van der Waals surface area contributed by atoms with E-state index in [1.54, 1.807) is 35.4 Å². The lowest BCUT2D eigenvalue weighted by Gasteiger charge is -2.27. The van der Waals surface area contributed by atoms with Crippen LogP contribution in [0.5, 0.6) is 0 Å². The number of rotatable bonds is 3. The molecule has 3 aromatic rings. The predicted octanol–water partition coefficient (Wildman–Crippen LogP) is 3.85. The summed E-state index contributed by atoms with van der Waals surface area (Å²) in [6, 6.07) is 9.18. The Kier molecular flexibility index (Phi) is 4.13. The summed E-state index contributed by atoms with van der Waals surface area (Å²) in [7, 11) is 0. The van der Waals surface area contributed by atoms with Crippen LogP contribution in [0.15, 0.2) is 67.3 Å². The highest BCUT2D eigenvalue weighted by molar-refractivity contribution is 6.29. The summed E-state index contributed by atoms with van der Waals surface area (Å²) in [6.45, 7) is 0. The Morgan fingerprint density at radius 3 is 2.36 bits per heavy atom. The fourth-order valence-electron chi connectivity index (χ4n) is 2.50. The molecule has 4 heterocycles. The molecule has 0 atom stereocenters. The van der Waals surface area contributed by atoms with Gasteiger partial charge >= 0.3 is 0 Å². The molecular weight excluding hydrogens is 359 g/mol. The average molecular weight is 371 g/mol. The zero-order valence-electron chi connectivity index (χ0n) is 12.8. The molecule has 25 heavy (non-hydrogen) atoms. The first-order chi connectivity index (χ1) is 12.2. The van der Waals surface area contributed by atoms with Crippen LogP contribution in [0, 0.1) is 0 Å². The summed E-state index contributed by atoms with van der Waals surface area (Å²) in [6.07, 6.45) is 10.9. The lowest BCUT2D eigenvalue weighted by atomic mass is 10.2. The second-order valence-corrected chi connectivity index (χ2v) is 5.98. The number of allylic oxidation sites excluding steroid dienone is 2. The van der Waals surface area contributed by atoms with Crippen LogP contribution in [0.3, 0.4) is 0 Å². The van der Waals surface area contributed by atoms with Crippen LogP contribution >= 0.6 is 23.2 Å². The lowest BCUT2D eigenvalue weighted by molar-refractivity contribution is 0.825. The van der Waals surface area contributed by atoms with Gasteiger partial charge in [0.25, 0.3) is 0 Å². The molecule has 0 radical (unpaired) electrons. The van der Waals surface area contributed by atoms with E-state index in [0.717, 1.165) is 22.8 Å². The highest BCUT2D eigenvalue weighted by Gasteiger charge is 2.15. The zero-order chi connectivity index (χ0) is 17.2. The summed E-state index contributed by atoms with van der Waals surface area (Å²) in [4.78, 5) is 8.01. The summed E-state index contributed by atoms with van der Waals surface area (Å²) in [5.41, 5.74) is 6.80. The van der Waals surface area contributed by atoms with E-state index in [2.05, 4.69) is 20.5 Å². The molecule has 0 bridgehead atoms. The van der Waals surface area contributed by atoms with Crippen molar-refractivity contribution in [3.8, 4) is 5.69 Å². The van der Waals surface area contributed by atoms with Crippen molar-refractivity contribution in [3.05, 3.63) is 83.3 Å². The Bertz CT molecular complexity index is 979. The van der Waals surface area contributed by atoms with E-state index in [4.69, 9.17) is 23.2 Å². The molecule has 0 saturated heterocycles. The maximum Gasteiger partial charge on any atom is 0.131 e. The van der Waals surface area contributed by atoms with Gasteiger partial charge in [0.2, 0.25) is 0 Å². The third-order valence-corrected chi connectivity index (χ3v) is 4.01. The Morgan fingerprint density at radius 1 is 0.880 bits per heavy atom. The minimum atomic E-state index is 0.414. The van der Waals surface area contributed by atoms with Gasteiger partial charge in [-0.3, -0.25) is 10.4 Å². The monoisotopic (exact) mass is 370 g/mol. The fourth-order valence-corrected chi connectivity index (χ4v) is 2.84. The van der Waals surface area contributed by atoms with Gasteiger partial charge in [-0.2, -0.15) is 5.10 Å². The topological polar surface area (TPSA) is 58.9 Å². The van der Waals surface area contributed by atoms with Gasteiger partial charge in [0.1, 0.15) is 10.3 Å². The van der Waals surface area contributed by atoms with E-state index in [0.29, 0.717) is 10.3 Å². The molecule has 1 aliphatic rings. The van der Waals surface area contributed by atoms with E-state index in [-0.39, 0.29) is 0 Å². The normalized spacial score (nSPS) is 13.5. The smallest absolute Gasteiger partial charge is 0.131 e. The van der Waals surface area contributed by atoms with Crippen molar-refractivity contribution < 1.29 is 0 Å². The van der Waals surface area contributed by atoms with Crippen molar-refractivity contribution >= 4 is 34.6 Å². The van der Waals surface area contributed by atoms with Gasteiger partial charge in [-0.05, 0) is 30.4 Å². The molecular formula is C17H12Cl2N6. The predicted molar refractivity (Wildman–Crippen MR) is 98.3 cm³/mol. The number of pyridine rings is 2. The van der Waals surface area contributed by atoms with Crippen molar-refractivity contribution in [1.29, 1.82) is 0 Å². The Hall–Kier alpha value is -2.83. The molecule has 3 aromatic heterocycles. The van der Waals surface area contributed by atoms with Crippen LogP contribution in [-0.2, 0) is 0 Å². The van der Waals surface area contributed by atoms with Gasteiger partial charge < -0.3 is 0 Å². The minimum Gasteiger partial charge on any atom is -0.292 e. The molecule has 6 nitrogen and oxygen atoms in total. The molecule has 0 saturated carbocycles. The van der Waals surface area contributed by atoms with E-state index >= 15 is 0 Å². The number of hydrazine groups is 1. The first-order valence-electron chi connectivity index (χ1n) is 7.43. The van der Waals surface area contributed by atoms with Crippen LogP contribution < -0.4 is 10.4 Å². The number of hydrogen-bond acceptors (Lipinski definition) is 5. The maximum atomic E-state index is 6.00. The molecule has 0 amide bonds. The fraction of sp³-hybridized carbons (Fsp3) is 0. The highest BCUT2D eigenvalue weighted by atomic mass is 35.5. The largest absolute Gasteiger partial charge is 0.292 e. The number of nitrogens with one attached hydrogen (secondary N) is 1. The summed E-state index contributed by atoms with van der Waals surface area (Å²) >= 11 is 12.0. The second kappa shape index (κ2) is 6.58. The second-order valence-electron chi connectivity index (χ2n) is 5.21.